The summed E-state index contributed by atoms with van der Waals surface area (Å²) in [5.41, 5.74) is -0.180. The molecule has 1 saturated heterocycles. The second-order valence-corrected chi connectivity index (χ2v) is 5.58. The summed E-state index contributed by atoms with van der Waals surface area (Å²) >= 11 is 0. The lowest BCUT2D eigenvalue weighted by molar-refractivity contribution is 0.0196. The van der Waals surface area contributed by atoms with Crippen molar-refractivity contribution in [1.82, 2.24) is 0 Å². The predicted molar refractivity (Wildman–Crippen MR) is 67.6 cm³/mol. The minimum absolute atomic E-state index is 0.180. The van der Waals surface area contributed by atoms with Gasteiger partial charge in [-0.1, -0.05) is 0 Å². The van der Waals surface area contributed by atoms with Gasteiger partial charge in [0.15, 0.2) is 0 Å². The first-order chi connectivity index (χ1) is 8.14. The average molecular weight is 239 g/mol. The molecule has 1 fully saturated rings. The van der Waals surface area contributed by atoms with E-state index < -0.39 is 0 Å². The summed E-state index contributed by atoms with van der Waals surface area (Å²) in [5, 5.41) is 8.87. The minimum Gasteiger partial charge on any atom is -0.381 e. The molecule has 0 saturated carbocycles. The number of nitrogens with zero attached hydrogens (tertiary/aromatic N) is 1. The molecule has 0 amide bonds. The van der Waals surface area contributed by atoms with Crippen LogP contribution in [-0.2, 0) is 9.47 Å². The molecule has 1 rings (SSSR count). The van der Waals surface area contributed by atoms with Crippen molar-refractivity contribution < 1.29 is 9.47 Å². The second kappa shape index (κ2) is 7.68. The quantitative estimate of drug-likeness (QED) is 0.641. The average Bonchev–Trinajstić information content (AvgIpc) is 2.35. The van der Waals surface area contributed by atoms with E-state index in [-0.39, 0.29) is 5.41 Å². The third kappa shape index (κ3) is 6.65. The fraction of sp³-hybridized carbons (Fsp3) is 0.929. The second-order valence-electron chi connectivity index (χ2n) is 5.58. The molecule has 0 atom stereocenters. The van der Waals surface area contributed by atoms with Gasteiger partial charge in [0, 0.05) is 26.4 Å². The third-order valence-corrected chi connectivity index (χ3v) is 3.34. The van der Waals surface area contributed by atoms with Crippen LogP contribution in [0.4, 0.5) is 0 Å². The monoisotopic (exact) mass is 239 g/mol. The van der Waals surface area contributed by atoms with Crippen molar-refractivity contribution in [3.63, 3.8) is 0 Å². The van der Waals surface area contributed by atoms with E-state index in [0.29, 0.717) is 5.92 Å². The van der Waals surface area contributed by atoms with Crippen molar-refractivity contribution in [1.29, 1.82) is 5.26 Å². The highest BCUT2D eigenvalue weighted by molar-refractivity contribution is 4.91. The summed E-state index contributed by atoms with van der Waals surface area (Å²) in [4.78, 5) is 0. The molecular weight excluding hydrogens is 214 g/mol. The molecule has 1 aliphatic heterocycles. The van der Waals surface area contributed by atoms with Gasteiger partial charge in [0.05, 0.1) is 11.5 Å². The summed E-state index contributed by atoms with van der Waals surface area (Å²) in [6.07, 6.45) is 5.38. The van der Waals surface area contributed by atoms with Gasteiger partial charge in [-0.3, -0.25) is 0 Å². The van der Waals surface area contributed by atoms with Gasteiger partial charge in [0.1, 0.15) is 0 Å². The molecule has 1 aliphatic rings. The zero-order valence-corrected chi connectivity index (χ0v) is 11.2. The number of ether oxygens (including phenoxy) is 2. The van der Waals surface area contributed by atoms with Crippen LogP contribution in [0.1, 0.15) is 46.0 Å². The van der Waals surface area contributed by atoms with E-state index in [1.54, 1.807) is 0 Å². The summed E-state index contributed by atoms with van der Waals surface area (Å²) in [6, 6.07) is 2.33. The zero-order valence-electron chi connectivity index (χ0n) is 11.2. The summed E-state index contributed by atoms with van der Waals surface area (Å²) in [7, 11) is 0. The highest BCUT2D eigenvalue weighted by Crippen LogP contribution is 2.21. The van der Waals surface area contributed by atoms with Crippen LogP contribution in [0, 0.1) is 22.7 Å². The first-order valence-electron chi connectivity index (χ1n) is 6.71. The Labute approximate surface area is 105 Å². The molecule has 0 bridgehead atoms. The van der Waals surface area contributed by atoms with Gasteiger partial charge in [-0.25, -0.2) is 0 Å². The van der Waals surface area contributed by atoms with Crippen LogP contribution < -0.4 is 0 Å². The van der Waals surface area contributed by atoms with E-state index in [4.69, 9.17) is 14.7 Å². The first-order valence-corrected chi connectivity index (χ1v) is 6.71. The van der Waals surface area contributed by atoms with E-state index in [2.05, 4.69) is 6.07 Å². The van der Waals surface area contributed by atoms with Crippen molar-refractivity contribution in [2.75, 3.05) is 26.4 Å². The molecule has 0 radical (unpaired) electrons. The predicted octanol–water partition coefficient (Wildman–Crippen LogP) is 3.15. The van der Waals surface area contributed by atoms with Gasteiger partial charge in [-0.05, 0) is 51.9 Å². The van der Waals surface area contributed by atoms with E-state index >= 15 is 0 Å². The maximum absolute atomic E-state index is 8.87. The molecule has 17 heavy (non-hydrogen) atoms. The molecule has 3 nitrogen and oxygen atoms in total. The van der Waals surface area contributed by atoms with E-state index in [9.17, 15) is 0 Å². The van der Waals surface area contributed by atoms with Crippen molar-refractivity contribution in [2.24, 2.45) is 11.3 Å². The summed E-state index contributed by atoms with van der Waals surface area (Å²) < 4.78 is 11.0. The molecule has 0 aromatic heterocycles. The standard InChI is InChI=1S/C14H25NO2/c1-14(2,12-15)7-3-4-8-17-11-13-5-9-16-10-6-13/h13H,3-11H2,1-2H3. The molecule has 98 valence electrons. The molecule has 0 unspecified atom stereocenters. The Hall–Kier alpha value is -0.590. The number of hydrogen-bond acceptors (Lipinski definition) is 3. The normalized spacial score (nSPS) is 17.9. The summed E-state index contributed by atoms with van der Waals surface area (Å²) in [5.74, 6) is 0.694. The Bertz CT molecular complexity index is 239. The lowest BCUT2D eigenvalue weighted by atomic mass is 9.89. The maximum atomic E-state index is 8.87. The van der Waals surface area contributed by atoms with Gasteiger partial charge in [0.25, 0.3) is 0 Å². The molecule has 3 heteroatoms. The minimum atomic E-state index is -0.180. The summed E-state index contributed by atoms with van der Waals surface area (Å²) in [6.45, 7) is 7.49. The highest BCUT2D eigenvalue weighted by Gasteiger charge is 2.16. The van der Waals surface area contributed by atoms with Gasteiger partial charge in [0.2, 0.25) is 0 Å². The van der Waals surface area contributed by atoms with Gasteiger partial charge in [-0.15, -0.1) is 0 Å². The van der Waals surface area contributed by atoms with Crippen molar-refractivity contribution >= 4 is 0 Å². The number of unbranched alkanes of at least 4 members (excludes halogenated alkanes) is 1. The lowest BCUT2D eigenvalue weighted by Gasteiger charge is -2.21. The number of rotatable bonds is 7. The number of nitriles is 1. The van der Waals surface area contributed by atoms with Crippen LogP contribution in [0.15, 0.2) is 0 Å². The van der Waals surface area contributed by atoms with Gasteiger partial charge < -0.3 is 9.47 Å². The molecular formula is C14H25NO2. The Kier molecular flexibility index (Phi) is 6.54. The highest BCUT2D eigenvalue weighted by atomic mass is 16.5. The third-order valence-electron chi connectivity index (χ3n) is 3.34. The Morgan fingerprint density at radius 1 is 1.29 bits per heavy atom. The Morgan fingerprint density at radius 3 is 2.65 bits per heavy atom. The zero-order chi connectivity index (χ0) is 12.6. The molecule has 1 heterocycles. The van der Waals surface area contributed by atoms with Gasteiger partial charge in [-0.2, -0.15) is 5.26 Å². The SMILES string of the molecule is CC(C)(C#N)CCCCOCC1CCOCC1. The van der Waals surface area contributed by atoms with Crippen LogP contribution in [0.25, 0.3) is 0 Å². The topological polar surface area (TPSA) is 42.2 Å². The fourth-order valence-corrected chi connectivity index (χ4v) is 1.99. The molecule has 0 N–H and O–H groups in total. The largest absolute Gasteiger partial charge is 0.381 e. The molecule has 0 aliphatic carbocycles. The van der Waals surface area contributed by atoms with E-state index in [1.165, 1.54) is 0 Å². The lowest BCUT2D eigenvalue weighted by Crippen LogP contribution is -2.20. The van der Waals surface area contributed by atoms with Crippen LogP contribution >= 0.6 is 0 Å². The molecule has 0 aromatic carbocycles. The van der Waals surface area contributed by atoms with Crippen molar-refractivity contribution in [3.05, 3.63) is 0 Å². The van der Waals surface area contributed by atoms with E-state index in [1.807, 2.05) is 13.8 Å². The van der Waals surface area contributed by atoms with Crippen LogP contribution in [0.5, 0.6) is 0 Å². The first kappa shape index (κ1) is 14.5. The molecule has 0 spiro atoms. The van der Waals surface area contributed by atoms with E-state index in [0.717, 1.165) is 58.5 Å². The van der Waals surface area contributed by atoms with Gasteiger partial charge >= 0.3 is 0 Å². The van der Waals surface area contributed by atoms with Crippen molar-refractivity contribution in [2.45, 2.75) is 46.0 Å². The molecule has 0 aromatic rings. The maximum Gasteiger partial charge on any atom is 0.0683 e. The van der Waals surface area contributed by atoms with Crippen LogP contribution in [0.3, 0.4) is 0 Å². The fourth-order valence-electron chi connectivity index (χ4n) is 1.99. The Balaban J connectivity index is 1.92. The van der Waals surface area contributed by atoms with Crippen LogP contribution in [-0.4, -0.2) is 26.4 Å². The Morgan fingerprint density at radius 2 is 2.00 bits per heavy atom. The van der Waals surface area contributed by atoms with Crippen molar-refractivity contribution in [3.8, 4) is 6.07 Å². The number of hydrogen-bond donors (Lipinski definition) is 0. The smallest absolute Gasteiger partial charge is 0.0683 e. The van der Waals surface area contributed by atoms with Crippen LogP contribution in [0.2, 0.25) is 0 Å².